The maximum atomic E-state index is 5.97. The molecule has 7 nitrogen and oxygen atoms in total. The number of nitrogens with one attached hydrogen (secondary N) is 1. The Hall–Kier alpha value is -2.74. The van der Waals surface area contributed by atoms with Crippen molar-refractivity contribution in [3.8, 4) is 0 Å². The molecule has 0 aromatic carbocycles. The van der Waals surface area contributed by atoms with E-state index in [0.717, 1.165) is 37.7 Å². The summed E-state index contributed by atoms with van der Waals surface area (Å²) in [6.07, 6.45) is 1.81. The third-order valence-electron chi connectivity index (χ3n) is 3.96. The number of thiocarbonyl (C=S) groups is 1. The molecule has 0 amide bonds. The summed E-state index contributed by atoms with van der Waals surface area (Å²) >= 11 is 5.42. The molecule has 3 heterocycles. The van der Waals surface area contributed by atoms with Gasteiger partial charge in [0.05, 0.1) is 0 Å². The Kier molecular flexibility index (Phi) is 5.39. The van der Waals surface area contributed by atoms with Gasteiger partial charge in [-0.25, -0.2) is 9.97 Å². The van der Waals surface area contributed by atoms with Gasteiger partial charge < -0.3 is 15.5 Å². The first-order valence-electron chi connectivity index (χ1n) is 8.11. The lowest BCUT2D eigenvalue weighted by Gasteiger charge is -2.36. The number of rotatable bonds is 3. The third kappa shape index (κ3) is 4.42. The number of piperazine rings is 1. The van der Waals surface area contributed by atoms with Gasteiger partial charge in [-0.3, -0.25) is 5.43 Å². The van der Waals surface area contributed by atoms with E-state index < -0.39 is 0 Å². The highest BCUT2D eigenvalue weighted by atomic mass is 32.1. The normalized spacial score (nSPS) is 15.2. The number of hydrazone groups is 1. The highest BCUT2D eigenvalue weighted by Gasteiger charge is 2.19. The van der Waals surface area contributed by atoms with Crippen molar-refractivity contribution in [1.82, 2.24) is 20.3 Å². The minimum absolute atomic E-state index is 0.318. The first kappa shape index (κ1) is 17.1. The minimum atomic E-state index is 0.318. The summed E-state index contributed by atoms with van der Waals surface area (Å²) in [5.41, 5.74) is 10.4. The van der Waals surface area contributed by atoms with Gasteiger partial charge in [0.25, 0.3) is 0 Å². The molecule has 0 atom stereocenters. The number of pyridine rings is 2. The van der Waals surface area contributed by atoms with E-state index in [1.54, 1.807) is 0 Å². The zero-order chi connectivity index (χ0) is 17.6. The molecule has 0 bridgehead atoms. The lowest BCUT2D eigenvalue weighted by atomic mass is 10.3. The van der Waals surface area contributed by atoms with Crippen LogP contribution >= 0.6 is 12.2 Å². The summed E-state index contributed by atoms with van der Waals surface area (Å²) < 4.78 is 0. The van der Waals surface area contributed by atoms with Gasteiger partial charge in [-0.2, -0.15) is 5.10 Å². The lowest BCUT2D eigenvalue weighted by molar-refractivity contribution is 0.380. The van der Waals surface area contributed by atoms with Gasteiger partial charge in [0.1, 0.15) is 11.5 Å². The van der Waals surface area contributed by atoms with Gasteiger partial charge in [0.2, 0.25) is 0 Å². The monoisotopic (exact) mass is 355 g/mol. The van der Waals surface area contributed by atoms with E-state index >= 15 is 0 Å². The number of hydrogen-bond donors (Lipinski definition) is 2. The van der Waals surface area contributed by atoms with Gasteiger partial charge in [-0.1, -0.05) is 12.1 Å². The molecular weight excluding hydrogens is 334 g/mol. The smallest absolute Gasteiger partial charge is 0.189 e. The summed E-state index contributed by atoms with van der Waals surface area (Å²) in [4.78, 5) is 13.0. The number of nitrogens with two attached hydrogens (primary N) is 1. The Morgan fingerprint density at radius 1 is 1.16 bits per heavy atom. The predicted molar refractivity (Wildman–Crippen MR) is 103 cm³/mol. The molecule has 2 aromatic rings. The van der Waals surface area contributed by atoms with Crippen LogP contribution in [0, 0.1) is 6.92 Å². The van der Waals surface area contributed by atoms with Crippen molar-refractivity contribution in [2.75, 3.05) is 31.1 Å². The fraction of sp³-hybridized carbons (Fsp3) is 0.294. The van der Waals surface area contributed by atoms with Crippen molar-refractivity contribution >= 4 is 29.0 Å². The molecule has 25 heavy (non-hydrogen) atoms. The zero-order valence-corrected chi connectivity index (χ0v) is 14.9. The predicted octanol–water partition coefficient (Wildman–Crippen LogP) is 1.10. The van der Waals surface area contributed by atoms with Crippen LogP contribution in [0.3, 0.4) is 0 Å². The van der Waals surface area contributed by atoms with Gasteiger partial charge in [0, 0.05) is 38.1 Å². The number of nitrogens with zero attached hydrogens (tertiary/aromatic N) is 5. The van der Waals surface area contributed by atoms with Gasteiger partial charge in [0.15, 0.2) is 10.9 Å². The van der Waals surface area contributed by atoms with Crippen LogP contribution < -0.4 is 16.1 Å². The molecular formula is C17H21N7S. The van der Waals surface area contributed by atoms with E-state index in [1.807, 2.05) is 49.5 Å². The zero-order valence-electron chi connectivity index (χ0n) is 14.1. The molecule has 0 spiro atoms. The summed E-state index contributed by atoms with van der Waals surface area (Å²) in [7, 11) is 0. The molecule has 1 aliphatic heterocycles. The fourth-order valence-electron chi connectivity index (χ4n) is 2.60. The van der Waals surface area contributed by atoms with Crippen LogP contribution in [0.1, 0.15) is 11.4 Å². The molecule has 0 saturated carbocycles. The molecule has 3 N–H and O–H groups in total. The summed E-state index contributed by atoms with van der Waals surface area (Å²) in [6, 6.07) is 11.6. The highest BCUT2D eigenvalue weighted by molar-refractivity contribution is 7.80. The second-order valence-electron chi connectivity index (χ2n) is 5.74. The summed E-state index contributed by atoms with van der Waals surface area (Å²) in [6.45, 7) is 5.24. The second kappa shape index (κ2) is 7.89. The van der Waals surface area contributed by atoms with Crippen LogP contribution in [0.25, 0.3) is 0 Å². The lowest BCUT2D eigenvalue weighted by Crippen LogP contribution is -2.51. The average molecular weight is 355 g/mol. The van der Waals surface area contributed by atoms with Gasteiger partial charge in [-0.15, -0.1) is 0 Å². The second-order valence-corrected chi connectivity index (χ2v) is 6.13. The Balaban J connectivity index is 1.53. The van der Waals surface area contributed by atoms with E-state index in [4.69, 9.17) is 18.0 Å². The molecule has 2 aromatic heterocycles. The van der Waals surface area contributed by atoms with Crippen molar-refractivity contribution in [2.24, 2.45) is 10.8 Å². The topological polar surface area (TPSA) is 82.7 Å². The molecule has 0 aliphatic carbocycles. The van der Waals surface area contributed by atoms with Crippen LogP contribution in [0.5, 0.6) is 0 Å². The highest BCUT2D eigenvalue weighted by Crippen LogP contribution is 2.12. The van der Waals surface area contributed by atoms with Crippen LogP contribution in [-0.2, 0) is 0 Å². The van der Waals surface area contributed by atoms with Crippen molar-refractivity contribution in [1.29, 1.82) is 0 Å². The summed E-state index contributed by atoms with van der Waals surface area (Å²) in [5.74, 6) is 1.31. The van der Waals surface area contributed by atoms with Crippen LogP contribution in [0.15, 0.2) is 47.7 Å². The number of amidine groups is 1. The number of aromatic nitrogens is 2. The average Bonchev–Trinajstić information content (AvgIpc) is 2.66. The van der Waals surface area contributed by atoms with Crippen LogP contribution in [0.4, 0.5) is 5.82 Å². The summed E-state index contributed by atoms with van der Waals surface area (Å²) in [5, 5.41) is 4.73. The molecule has 0 radical (unpaired) electrons. The molecule has 8 heteroatoms. The Morgan fingerprint density at radius 3 is 2.64 bits per heavy atom. The maximum Gasteiger partial charge on any atom is 0.189 e. The quantitative estimate of drug-likeness (QED) is 0.369. The molecule has 1 saturated heterocycles. The van der Waals surface area contributed by atoms with E-state index in [2.05, 4.69) is 30.3 Å². The molecule has 1 fully saturated rings. The first-order valence-corrected chi connectivity index (χ1v) is 8.52. The Morgan fingerprint density at radius 2 is 1.96 bits per heavy atom. The minimum Gasteiger partial charge on any atom is -0.380 e. The van der Waals surface area contributed by atoms with Crippen molar-refractivity contribution < 1.29 is 0 Å². The van der Waals surface area contributed by atoms with E-state index in [0.29, 0.717) is 16.6 Å². The number of anilines is 1. The van der Waals surface area contributed by atoms with Crippen molar-refractivity contribution in [3.05, 3.63) is 54.0 Å². The van der Waals surface area contributed by atoms with Gasteiger partial charge >= 0.3 is 0 Å². The third-order valence-corrected chi connectivity index (χ3v) is 4.31. The molecule has 0 unspecified atom stereocenters. The van der Waals surface area contributed by atoms with Crippen molar-refractivity contribution in [3.63, 3.8) is 0 Å². The molecule has 3 rings (SSSR count). The maximum absolute atomic E-state index is 5.97. The van der Waals surface area contributed by atoms with Crippen LogP contribution in [0.2, 0.25) is 0 Å². The standard InChI is InChI=1S/C17H21N7S/c1-13-5-4-6-14(20-13)16(18)21-22-17(25)24-11-9-23(10-12-24)15-7-2-3-8-19-15/h2-8H,9-12H2,1H3,(H2,18,21)(H,22,25). The van der Waals surface area contributed by atoms with Crippen molar-refractivity contribution in [2.45, 2.75) is 6.92 Å². The Labute approximate surface area is 152 Å². The Bertz CT molecular complexity index is 755. The number of aryl methyl sites for hydroxylation is 1. The molecule has 130 valence electrons. The molecule has 1 aliphatic rings. The van der Waals surface area contributed by atoms with E-state index in [-0.39, 0.29) is 0 Å². The fourth-order valence-corrected chi connectivity index (χ4v) is 2.83. The first-order chi connectivity index (χ1) is 12.1. The van der Waals surface area contributed by atoms with Crippen LogP contribution in [-0.4, -0.2) is 52.0 Å². The van der Waals surface area contributed by atoms with E-state index in [9.17, 15) is 0 Å². The SMILES string of the molecule is Cc1cccc(/C(N)=N/NC(=S)N2CCN(c3ccccn3)CC2)n1. The largest absolute Gasteiger partial charge is 0.380 e. The number of hydrogen-bond acceptors (Lipinski definition) is 5. The van der Waals surface area contributed by atoms with Gasteiger partial charge in [-0.05, 0) is 43.4 Å². The van der Waals surface area contributed by atoms with E-state index in [1.165, 1.54) is 0 Å².